The predicted octanol–water partition coefficient (Wildman–Crippen LogP) is 11.9. The fraction of sp³-hybridized carbons (Fsp3) is 0. The molecule has 0 heterocycles. The van der Waals surface area contributed by atoms with Crippen LogP contribution in [0.2, 0.25) is 0 Å². The Balaban J connectivity index is 1.54. The number of rotatable bonds is 0. The third-order valence-electron chi connectivity index (χ3n) is 9.56. The van der Waals surface area contributed by atoms with Crippen molar-refractivity contribution in [3.8, 4) is 47.4 Å². The van der Waals surface area contributed by atoms with Crippen molar-refractivity contribution in [2.45, 2.75) is 0 Å². The third-order valence-corrected chi connectivity index (χ3v) is 9.56. The van der Waals surface area contributed by atoms with Crippen LogP contribution >= 0.6 is 0 Å². The topological polar surface area (TPSA) is 0 Å². The van der Waals surface area contributed by atoms with Gasteiger partial charge in [0.15, 0.2) is 0 Å². The Morgan fingerprint density at radius 1 is 0.222 bits per heavy atom. The van der Waals surface area contributed by atoms with Gasteiger partial charge in [-0.3, -0.25) is 0 Å². The maximum absolute atomic E-state index is 3.70. The number of benzene rings is 9. The van der Waals surface area contributed by atoms with Gasteiger partial charge >= 0.3 is 0 Å². The molecule has 9 rings (SSSR count). The second kappa shape index (κ2) is 14.5. The van der Waals surface area contributed by atoms with Crippen molar-refractivity contribution in [1.82, 2.24) is 0 Å². The average molecular weight is 679 g/mol. The molecule has 9 aromatic carbocycles. The van der Waals surface area contributed by atoms with E-state index < -0.39 is 0 Å². The maximum Gasteiger partial charge on any atom is 0.0420 e. The molecule has 0 aromatic heterocycles. The third kappa shape index (κ3) is 6.34. The maximum atomic E-state index is 3.70. The zero-order valence-electron chi connectivity index (χ0n) is 29.3. The van der Waals surface area contributed by atoms with Gasteiger partial charge in [-0.05, 0) is 93.0 Å². The normalized spacial score (nSPS) is 10.4. The van der Waals surface area contributed by atoms with Gasteiger partial charge < -0.3 is 0 Å². The van der Waals surface area contributed by atoms with Crippen LogP contribution in [0.25, 0.3) is 43.1 Å². The molecule has 0 fully saturated rings. The molecule has 0 nitrogen and oxygen atoms in total. The molecule has 54 heavy (non-hydrogen) atoms. The van der Waals surface area contributed by atoms with Gasteiger partial charge in [-0.1, -0.05) is 169 Å². The Bertz CT molecular complexity index is 2910. The van der Waals surface area contributed by atoms with Gasteiger partial charge in [0.1, 0.15) is 0 Å². The lowest BCUT2D eigenvalue weighted by atomic mass is 9.83. The molecule has 0 atom stereocenters. The van der Waals surface area contributed by atoms with Crippen LogP contribution in [0.5, 0.6) is 0 Å². The highest BCUT2D eigenvalue weighted by atomic mass is 14.2. The summed E-state index contributed by atoms with van der Waals surface area (Å²) in [6.45, 7) is 0. The predicted molar refractivity (Wildman–Crippen MR) is 226 cm³/mol. The molecule has 0 spiro atoms. The largest absolute Gasteiger partial charge is 0.0622 e. The molecule has 9 aromatic rings. The lowest BCUT2D eigenvalue weighted by Crippen LogP contribution is -1.99. The van der Waals surface area contributed by atoms with Crippen molar-refractivity contribution in [3.05, 3.63) is 226 Å². The van der Waals surface area contributed by atoms with Crippen molar-refractivity contribution < 1.29 is 0 Å². The van der Waals surface area contributed by atoms with E-state index in [0.717, 1.165) is 87.6 Å². The van der Waals surface area contributed by atoms with Crippen LogP contribution < -0.4 is 0 Å². The molecule has 246 valence electrons. The smallest absolute Gasteiger partial charge is 0.0420 e. The molecular formula is C54H30. The van der Waals surface area contributed by atoms with Crippen molar-refractivity contribution in [2.75, 3.05) is 0 Å². The molecule has 0 amide bonds. The van der Waals surface area contributed by atoms with Crippen LogP contribution in [0.1, 0.15) is 44.5 Å². The Labute approximate surface area is 315 Å². The van der Waals surface area contributed by atoms with Crippen LogP contribution in [0.4, 0.5) is 0 Å². The van der Waals surface area contributed by atoms with E-state index in [1.165, 1.54) is 0 Å². The highest BCUT2D eigenvalue weighted by Gasteiger charge is 2.22. The Kier molecular flexibility index (Phi) is 8.63. The van der Waals surface area contributed by atoms with Crippen molar-refractivity contribution in [3.63, 3.8) is 0 Å². The SMILES string of the molecule is C(#Cc1c2ccccc2c(C#Cc2ccccc2)c2c(C#Cc3ccccc3)c3cc4ccccc4cc3c(C#Cc3ccccc3)c12)c1ccccc1. The van der Waals surface area contributed by atoms with Crippen LogP contribution in [-0.4, -0.2) is 0 Å². The zero-order chi connectivity index (χ0) is 36.1. The summed E-state index contributed by atoms with van der Waals surface area (Å²) in [6, 6.07) is 62.2. The van der Waals surface area contributed by atoms with Crippen LogP contribution in [-0.2, 0) is 0 Å². The molecular weight excluding hydrogens is 649 g/mol. The molecule has 0 radical (unpaired) electrons. The molecule has 0 bridgehead atoms. The van der Waals surface area contributed by atoms with Crippen molar-refractivity contribution in [1.29, 1.82) is 0 Å². The van der Waals surface area contributed by atoms with Gasteiger partial charge in [-0.15, -0.1) is 0 Å². The molecule has 0 aliphatic carbocycles. The highest BCUT2D eigenvalue weighted by Crippen LogP contribution is 2.42. The average Bonchev–Trinajstić information content (AvgIpc) is 3.24. The van der Waals surface area contributed by atoms with Gasteiger partial charge in [0.05, 0.1) is 0 Å². The fourth-order valence-electron chi connectivity index (χ4n) is 7.01. The standard InChI is InChI=1S/C54H30/c1-5-17-39(18-6-1)29-33-47-45-27-15-16-28-46(45)48(34-30-40-19-7-2-8-20-40)54-50(36-32-42-23-11-4-12-24-42)52-38-44-26-14-13-25-43(44)37-51(52)49(53(47)54)35-31-41-21-9-3-10-22-41/h1-28,37-38H. The van der Waals surface area contributed by atoms with E-state index in [2.05, 4.69) is 132 Å². The number of hydrogen-bond donors (Lipinski definition) is 0. The Morgan fingerprint density at radius 2 is 0.481 bits per heavy atom. The minimum absolute atomic E-state index is 0.907. The zero-order valence-corrected chi connectivity index (χ0v) is 29.3. The van der Waals surface area contributed by atoms with E-state index in [0.29, 0.717) is 0 Å². The van der Waals surface area contributed by atoms with Crippen LogP contribution in [0.15, 0.2) is 182 Å². The van der Waals surface area contributed by atoms with Gasteiger partial charge in [0.25, 0.3) is 0 Å². The summed E-state index contributed by atoms with van der Waals surface area (Å²) in [4.78, 5) is 0. The molecule has 0 aliphatic heterocycles. The lowest BCUT2D eigenvalue weighted by molar-refractivity contribution is 1.63. The van der Waals surface area contributed by atoms with E-state index in [1.54, 1.807) is 0 Å². The fourth-order valence-corrected chi connectivity index (χ4v) is 7.01. The van der Waals surface area contributed by atoms with E-state index in [-0.39, 0.29) is 0 Å². The summed E-state index contributed by atoms with van der Waals surface area (Å²) >= 11 is 0. The van der Waals surface area contributed by atoms with Crippen molar-refractivity contribution in [2.24, 2.45) is 0 Å². The van der Waals surface area contributed by atoms with Gasteiger partial charge in [-0.25, -0.2) is 0 Å². The Hall–Kier alpha value is -7.74. The number of fused-ring (bicyclic) bond motifs is 4. The monoisotopic (exact) mass is 678 g/mol. The van der Waals surface area contributed by atoms with Gasteiger partial charge in [0.2, 0.25) is 0 Å². The molecule has 0 unspecified atom stereocenters. The highest BCUT2D eigenvalue weighted by molar-refractivity contribution is 6.21. The number of hydrogen-bond acceptors (Lipinski definition) is 0. The summed E-state index contributed by atoms with van der Waals surface area (Å²) in [6.07, 6.45) is 0. The van der Waals surface area contributed by atoms with Gasteiger partial charge in [-0.2, -0.15) is 0 Å². The first-order chi connectivity index (χ1) is 26.8. The second-order valence-electron chi connectivity index (χ2n) is 13.0. The first kappa shape index (κ1) is 32.2. The summed E-state index contributed by atoms with van der Waals surface area (Å²) < 4.78 is 0. The van der Waals surface area contributed by atoms with Crippen molar-refractivity contribution >= 4 is 43.1 Å². The minimum atomic E-state index is 0.907. The molecule has 0 saturated carbocycles. The summed E-state index contributed by atoms with van der Waals surface area (Å²) in [5.41, 5.74) is 7.39. The van der Waals surface area contributed by atoms with Crippen LogP contribution in [0.3, 0.4) is 0 Å². The van der Waals surface area contributed by atoms with E-state index in [1.807, 2.05) is 97.1 Å². The summed E-state index contributed by atoms with van der Waals surface area (Å²) in [7, 11) is 0. The first-order valence-corrected chi connectivity index (χ1v) is 18.0. The van der Waals surface area contributed by atoms with Crippen LogP contribution in [0, 0.1) is 47.4 Å². The summed E-state index contributed by atoms with van der Waals surface area (Å²) in [5, 5.41) is 8.29. The quantitative estimate of drug-likeness (QED) is 0.111. The molecule has 0 aliphatic rings. The van der Waals surface area contributed by atoms with E-state index >= 15 is 0 Å². The molecule has 0 heteroatoms. The lowest BCUT2D eigenvalue weighted by Gasteiger charge is -2.18. The Morgan fingerprint density at radius 3 is 0.796 bits per heavy atom. The van der Waals surface area contributed by atoms with Gasteiger partial charge in [0, 0.05) is 55.3 Å². The molecule has 0 saturated heterocycles. The first-order valence-electron chi connectivity index (χ1n) is 18.0. The van der Waals surface area contributed by atoms with E-state index in [4.69, 9.17) is 0 Å². The van der Waals surface area contributed by atoms with E-state index in [9.17, 15) is 0 Å². The minimum Gasteiger partial charge on any atom is -0.0622 e. The summed E-state index contributed by atoms with van der Waals surface area (Å²) in [5.74, 6) is 28.8. The second-order valence-corrected chi connectivity index (χ2v) is 13.0. The molecule has 0 N–H and O–H groups in total.